The maximum absolute atomic E-state index is 12.7. The second-order valence-electron chi connectivity index (χ2n) is 6.50. The average molecular weight is 346 g/mol. The van der Waals surface area contributed by atoms with E-state index >= 15 is 0 Å². The van der Waals surface area contributed by atoms with Gasteiger partial charge in [-0.1, -0.05) is 0 Å². The van der Waals surface area contributed by atoms with E-state index in [9.17, 15) is 14.4 Å². The smallest absolute Gasteiger partial charge is 0.328 e. The predicted octanol–water partition coefficient (Wildman–Crippen LogP) is 1.68. The Bertz CT molecular complexity index is 890. The molecule has 1 heterocycles. The first-order valence-corrected chi connectivity index (χ1v) is 8.42. The van der Waals surface area contributed by atoms with E-state index < -0.39 is 5.69 Å². The standard InChI is InChI=1S/C18H22N2O5/c1-24-13-7-8-15-14(9-13)16(21)20(18(23)19-15)10-11-3-5-12(6-4-11)17(22)25-2/h7-9,11-12H,3-6,10H2,1-2H3,(H,19,23). The number of H-pyrrole nitrogens is 1. The SMILES string of the molecule is COC(=O)C1CCC(Cn2c(=O)[nH]c3ccc(OC)cc3c2=O)CC1. The third-order valence-corrected chi connectivity index (χ3v) is 5.01. The first-order chi connectivity index (χ1) is 12.0. The van der Waals surface area contributed by atoms with Crippen molar-refractivity contribution in [3.63, 3.8) is 0 Å². The van der Waals surface area contributed by atoms with Gasteiger partial charge in [-0.05, 0) is 49.8 Å². The number of aromatic amines is 1. The molecule has 25 heavy (non-hydrogen) atoms. The number of carbonyl (C=O) groups excluding carboxylic acids is 1. The number of nitrogens with one attached hydrogen (secondary N) is 1. The third kappa shape index (κ3) is 3.45. The van der Waals surface area contributed by atoms with Crippen molar-refractivity contribution in [3.05, 3.63) is 39.0 Å². The van der Waals surface area contributed by atoms with E-state index in [4.69, 9.17) is 9.47 Å². The van der Waals surface area contributed by atoms with Crippen LogP contribution in [0.5, 0.6) is 5.75 Å². The second kappa shape index (κ2) is 7.13. The van der Waals surface area contributed by atoms with Crippen molar-refractivity contribution in [1.82, 2.24) is 9.55 Å². The molecule has 0 unspecified atom stereocenters. The van der Waals surface area contributed by atoms with Gasteiger partial charge in [-0.2, -0.15) is 0 Å². The highest BCUT2D eigenvalue weighted by atomic mass is 16.5. The molecule has 3 rings (SSSR count). The molecule has 7 nitrogen and oxygen atoms in total. The molecule has 1 saturated carbocycles. The Morgan fingerprint density at radius 3 is 2.56 bits per heavy atom. The van der Waals surface area contributed by atoms with Crippen molar-refractivity contribution in [2.75, 3.05) is 14.2 Å². The van der Waals surface area contributed by atoms with Gasteiger partial charge in [-0.15, -0.1) is 0 Å². The van der Waals surface area contributed by atoms with Crippen LogP contribution in [-0.2, 0) is 16.1 Å². The minimum Gasteiger partial charge on any atom is -0.497 e. The van der Waals surface area contributed by atoms with Gasteiger partial charge in [-0.3, -0.25) is 14.2 Å². The topological polar surface area (TPSA) is 90.4 Å². The zero-order valence-electron chi connectivity index (χ0n) is 14.4. The summed E-state index contributed by atoms with van der Waals surface area (Å²) in [5.41, 5.74) is -0.216. The zero-order chi connectivity index (χ0) is 18.0. The molecular weight excluding hydrogens is 324 g/mol. The fourth-order valence-corrected chi connectivity index (χ4v) is 3.53. The van der Waals surface area contributed by atoms with E-state index in [0.29, 0.717) is 23.2 Å². The van der Waals surface area contributed by atoms with Gasteiger partial charge in [0.15, 0.2) is 0 Å². The monoisotopic (exact) mass is 346 g/mol. The number of ether oxygens (including phenoxy) is 2. The molecule has 0 saturated heterocycles. The summed E-state index contributed by atoms with van der Waals surface area (Å²) < 4.78 is 11.2. The Labute approximate surface area is 144 Å². The zero-order valence-corrected chi connectivity index (χ0v) is 14.4. The Morgan fingerprint density at radius 1 is 1.20 bits per heavy atom. The van der Waals surface area contributed by atoms with Crippen molar-refractivity contribution >= 4 is 16.9 Å². The van der Waals surface area contributed by atoms with Crippen molar-refractivity contribution in [2.24, 2.45) is 11.8 Å². The fraction of sp³-hybridized carbons (Fsp3) is 0.500. The van der Waals surface area contributed by atoms with Crippen LogP contribution in [0.1, 0.15) is 25.7 Å². The van der Waals surface area contributed by atoms with Gasteiger partial charge in [0.25, 0.3) is 5.56 Å². The van der Waals surface area contributed by atoms with Crippen LogP contribution in [0.3, 0.4) is 0 Å². The average Bonchev–Trinajstić information content (AvgIpc) is 2.64. The van der Waals surface area contributed by atoms with E-state index in [2.05, 4.69) is 4.98 Å². The van der Waals surface area contributed by atoms with Crippen molar-refractivity contribution in [2.45, 2.75) is 32.2 Å². The molecule has 7 heteroatoms. The van der Waals surface area contributed by atoms with Crippen LogP contribution in [0.25, 0.3) is 10.9 Å². The van der Waals surface area contributed by atoms with Crippen LogP contribution in [0, 0.1) is 11.8 Å². The highest BCUT2D eigenvalue weighted by Crippen LogP contribution is 2.30. The number of benzene rings is 1. The summed E-state index contributed by atoms with van der Waals surface area (Å²) in [6.07, 6.45) is 3.04. The number of hydrogen-bond donors (Lipinski definition) is 1. The summed E-state index contributed by atoms with van der Waals surface area (Å²) >= 11 is 0. The number of aromatic nitrogens is 2. The molecule has 0 atom stereocenters. The lowest BCUT2D eigenvalue weighted by atomic mass is 9.82. The molecule has 1 aliphatic carbocycles. The maximum atomic E-state index is 12.7. The van der Waals surface area contributed by atoms with E-state index in [1.807, 2.05) is 0 Å². The van der Waals surface area contributed by atoms with E-state index in [-0.39, 0.29) is 23.4 Å². The number of rotatable bonds is 4. The molecule has 0 bridgehead atoms. The quantitative estimate of drug-likeness (QED) is 0.851. The molecule has 0 spiro atoms. The number of fused-ring (bicyclic) bond motifs is 1. The molecule has 0 radical (unpaired) electrons. The van der Waals surface area contributed by atoms with Crippen LogP contribution in [0.4, 0.5) is 0 Å². The lowest BCUT2D eigenvalue weighted by molar-refractivity contribution is -0.146. The Morgan fingerprint density at radius 2 is 1.92 bits per heavy atom. The lowest BCUT2D eigenvalue weighted by Gasteiger charge is -2.27. The summed E-state index contributed by atoms with van der Waals surface area (Å²) in [4.78, 5) is 39.4. The highest BCUT2D eigenvalue weighted by molar-refractivity contribution is 5.78. The number of esters is 1. The summed E-state index contributed by atoms with van der Waals surface area (Å²) in [5, 5.41) is 0.433. The number of carbonyl (C=O) groups is 1. The lowest BCUT2D eigenvalue weighted by Crippen LogP contribution is -2.38. The van der Waals surface area contributed by atoms with Gasteiger partial charge in [0.05, 0.1) is 31.0 Å². The number of hydrogen-bond acceptors (Lipinski definition) is 5. The van der Waals surface area contributed by atoms with Crippen molar-refractivity contribution in [3.8, 4) is 5.75 Å². The molecule has 0 amide bonds. The molecule has 1 aromatic heterocycles. The third-order valence-electron chi connectivity index (χ3n) is 5.01. The number of methoxy groups -OCH3 is 2. The van der Waals surface area contributed by atoms with Crippen LogP contribution in [-0.4, -0.2) is 29.7 Å². The fourth-order valence-electron chi connectivity index (χ4n) is 3.53. The molecular formula is C18H22N2O5. The summed E-state index contributed by atoms with van der Waals surface area (Å²) in [7, 11) is 2.93. The summed E-state index contributed by atoms with van der Waals surface area (Å²) in [6.45, 7) is 0.356. The minimum atomic E-state index is -0.405. The molecule has 1 N–H and O–H groups in total. The first kappa shape index (κ1) is 17.3. The first-order valence-electron chi connectivity index (χ1n) is 8.42. The summed E-state index contributed by atoms with van der Waals surface area (Å²) in [5.74, 6) is 0.521. The van der Waals surface area contributed by atoms with E-state index in [1.54, 1.807) is 18.2 Å². The van der Waals surface area contributed by atoms with Crippen molar-refractivity contribution < 1.29 is 14.3 Å². The normalized spacial score (nSPS) is 20.4. The Kier molecular flexibility index (Phi) is 4.92. The predicted molar refractivity (Wildman–Crippen MR) is 92.8 cm³/mol. The molecule has 1 aromatic carbocycles. The molecule has 1 fully saturated rings. The van der Waals surface area contributed by atoms with Gasteiger partial charge in [-0.25, -0.2) is 4.79 Å². The largest absolute Gasteiger partial charge is 0.497 e. The van der Waals surface area contributed by atoms with Gasteiger partial charge in [0.2, 0.25) is 0 Å². The Hall–Kier alpha value is -2.57. The highest BCUT2D eigenvalue weighted by Gasteiger charge is 2.27. The molecule has 2 aromatic rings. The number of nitrogens with zero attached hydrogens (tertiary/aromatic N) is 1. The van der Waals surface area contributed by atoms with Crippen molar-refractivity contribution in [1.29, 1.82) is 0 Å². The Balaban J connectivity index is 1.83. The van der Waals surface area contributed by atoms with E-state index in [1.165, 1.54) is 18.8 Å². The van der Waals surface area contributed by atoms with Crippen LogP contribution in [0.15, 0.2) is 27.8 Å². The molecule has 1 aliphatic rings. The van der Waals surface area contributed by atoms with Gasteiger partial charge >= 0.3 is 11.7 Å². The van der Waals surface area contributed by atoms with E-state index in [0.717, 1.165) is 25.7 Å². The van der Waals surface area contributed by atoms with Crippen LogP contribution in [0.2, 0.25) is 0 Å². The van der Waals surface area contributed by atoms with Gasteiger partial charge in [0, 0.05) is 6.54 Å². The molecule has 134 valence electrons. The van der Waals surface area contributed by atoms with Crippen LogP contribution < -0.4 is 16.0 Å². The van der Waals surface area contributed by atoms with Gasteiger partial charge < -0.3 is 14.5 Å². The second-order valence-corrected chi connectivity index (χ2v) is 6.50. The van der Waals surface area contributed by atoms with Crippen LogP contribution >= 0.6 is 0 Å². The molecule has 0 aliphatic heterocycles. The summed E-state index contributed by atoms with van der Waals surface area (Å²) in [6, 6.07) is 5.01. The maximum Gasteiger partial charge on any atom is 0.328 e. The minimum absolute atomic E-state index is 0.0721. The van der Waals surface area contributed by atoms with Gasteiger partial charge in [0.1, 0.15) is 5.75 Å².